The van der Waals surface area contributed by atoms with Gasteiger partial charge in [-0.2, -0.15) is 0 Å². The number of nitrogens with zero attached hydrogens (tertiary/aromatic N) is 1. The number of hydrogen-bond acceptors (Lipinski definition) is 4. The van der Waals surface area contributed by atoms with Crippen molar-refractivity contribution in [3.05, 3.63) is 47.2 Å². The molecular weight excluding hydrogens is 280 g/mol. The number of carbonyl (C=O) groups excluding carboxylic acids is 1. The summed E-state index contributed by atoms with van der Waals surface area (Å²) < 4.78 is 11.0. The van der Waals surface area contributed by atoms with Crippen LogP contribution in [0.3, 0.4) is 0 Å². The van der Waals surface area contributed by atoms with Gasteiger partial charge in [0, 0.05) is 0 Å². The summed E-state index contributed by atoms with van der Waals surface area (Å²) in [4.78, 5) is 16.2. The largest absolute Gasteiger partial charge is 0.486 e. The third-order valence-corrected chi connectivity index (χ3v) is 3.02. The lowest BCUT2D eigenvalue weighted by Gasteiger charge is -2.20. The van der Waals surface area contributed by atoms with Crippen molar-refractivity contribution in [3.8, 4) is 11.5 Å². The summed E-state index contributed by atoms with van der Waals surface area (Å²) in [6, 6.07) is 8.50. The molecule has 0 fully saturated rings. The van der Waals surface area contributed by atoms with Gasteiger partial charge < -0.3 is 14.8 Å². The zero-order valence-corrected chi connectivity index (χ0v) is 11.2. The summed E-state index contributed by atoms with van der Waals surface area (Å²) in [6.45, 7) is 0.916. The van der Waals surface area contributed by atoms with E-state index in [9.17, 15) is 4.79 Å². The van der Waals surface area contributed by atoms with Gasteiger partial charge >= 0.3 is 0 Å². The number of fused-ring (bicyclic) bond motifs is 1. The maximum Gasteiger partial charge on any atom is 0.259 e. The van der Waals surface area contributed by atoms with Crippen LogP contribution in [-0.4, -0.2) is 24.1 Å². The van der Waals surface area contributed by atoms with E-state index in [4.69, 9.17) is 21.1 Å². The maximum atomic E-state index is 12.3. The van der Waals surface area contributed by atoms with E-state index in [-0.39, 0.29) is 5.91 Å². The maximum absolute atomic E-state index is 12.3. The number of nitrogens with one attached hydrogen (secondary N) is 1. The quantitative estimate of drug-likeness (QED) is 0.864. The van der Waals surface area contributed by atoms with Crippen LogP contribution >= 0.6 is 11.6 Å². The minimum atomic E-state index is -0.281. The highest BCUT2D eigenvalue weighted by molar-refractivity contribution is 6.29. The summed E-state index contributed by atoms with van der Waals surface area (Å²) in [7, 11) is 0. The molecule has 5 nitrogen and oxygen atoms in total. The van der Waals surface area contributed by atoms with E-state index >= 15 is 0 Å². The number of aromatic nitrogens is 1. The molecule has 0 saturated heterocycles. The number of hydrogen-bond donors (Lipinski definition) is 1. The second-order valence-corrected chi connectivity index (χ2v) is 4.54. The van der Waals surface area contributed by atoms with Gasteiger partial charge in [0.1, 0.15) is 18.4 Å². The zero-order chi connectivity index (χ0) is 13.9. The molecule has 1 aliphatic heterocycles. The molecule has 0 saturated carbocycles. The molecule has 20 heavy (non-hydrogen) atoms. The van der Waals surface area contributed by atoms with Gasteiger partial charge in [-0.15, -0.1) is 0 Å². The summed E-state index contributed by atoms with van der Waals surface area (Å²) >= 11 is 5.70. The topological polar surface area (TPSA) is 60.5 Å². The van der Waals surface area contributed by atoms with Crippen molar-refractivity contribution >= 4 is 23.2 Å². The van der Waals surface area contributed by atoms with Gasteiger partial charge in [-0.25, -0.2) is 4.98 Å². The molecule has 2 heterocycles. The van der Waals surface area contributed by atoms with Gasteiger partial charge in [0.05, 0.1) is 17.4 Å². The average molecular weight is 291 g/mol. The monoisotopic (exact) mass is 290 g/mol. The number of rotatable bonds is 2. The standard InChI is InChI=1S/C14H11ClN2O3/c15-12-5-4-9(8-16-12)17-14(18)10-2-1-3-11-13(10)20-7-6-19-11/h1-5,8H,6-7H2,(H,17,18). The Bertz CT molecular complexity index is 643. The van der Waals surface area contributed by atoms with Crippen molar-refractivity contribution in [2.24, 2.45) is 0 Å². The summed E-state index contributed by atoms with van der Waals surface area (Å²) in [6.07, 6.45) is 1.49. The Hall–Kier alpha value is -2.27. The minimum absolute atomic E-state index is 0.281. The van der Waals surface area contributed by atoms with Gasteiger partial charge in [-0.3, -0.25) is 4.79 Å². The first-order valence-electron chi connectivity index (χ1n) is 6.05. The molecule has 0 bridgehead atoms. The molecule has 0 spiro atoms. The SMILES string of the molecule is O=C(Nc1ccc(Cl)nc1)c1cccc2c1OCCO2. The number of ether oxygens (including phenoxy) is 2. The molecule has 3 rings (SSSR count). The number of halogens is 1. The molecule has 1 amide bonds. The molecular formula is C14H11ClN2O3. The van der Waals surface area contributed by atoms with Gasteiger partial charge in [0.15, 0.2) is 11.5 Å². The molecule has 1 N–H and O–H groups in total. The lowest BCUT2D eigenvalue weighted by molar-refractivity contribution is 0.101. The lowest BCUT2D eigenvalue weighted by atomic mass is 10.1. The molecule has 0 aliphatic carbocycles. The van der Waals surface area contributed by atoms with Gasteiger partial charge in [-0.1, -0.05) is 17.7 Å². The minimum Gasteiger partial charge on any atom is -0.486 e. The van der Waals surface area contributed by atoms with E-state index in [2.05, 4.69) is 10.3 Å². The van der Waals surface area contributed by atoms with Crippen LogP contribution in [-0.2, 0) is 0 Å². The molecule has 0 atom stereocenters. The first-order valence-corrected chi connectivity index (χ1v) is 6.43. The van der Waals surface area contributed by atoms with Crippen molar-refractivity contribution < 1.29 is 14.3 Å². The third kappa shape index (κ3) is 2.53. The fourth-order valence-electron chi connectivity index (χ4n) is 1.90. The molecule has 1 aliphatic rings. The Balaban J connectivity index is 1.85. The van der Waals surface area contributed by atoms with Crippen LogP contribution < -0.4 is 14.8 Å². The Labute approximate surface area is 120 Å². The Morgan fingerprint density at radius 2 is 2.05 bits per heavy atom. The van der Waals surface area contributed by atoms with E-state index in [0.717, 1.165) is 0 Å². The molecule has 102 valence electrons. The van der Waals surface area contributed by atoms with E-state index in [0.29, 0.717) is 41.1 Å². The van der Waals surface area contributed by atoms with Crippen molar-refractivity contribution in [1.82, 2.24) is 4.98 Å². The van der Waals surface area contributed by atoms with Crippen molar-refractivity contribution in [2.45, 2.75) is 0 Å². The van der Waals surface area contributed by atoms with Crippen LogP contribution in [0.5, 0.6) is 11.5 Å². The number of carbonyl (C=O) groups is 1. The normalized spacial score (nSPS) is 12.8. The number of benzene rings is 1. The highest BCUT2D eigenvalue weighted by Crippen LogP contribution is 2.33. The predicted molar refractivity (Wildman–Crippen MR) is 74.6 cm³/mol. The van der Waals surface area contributed by atoms with Crippen LogP contribution in [0.4, 0.5) is 5.69 Å². The van der Waals surface area contributed by atoms with E-state index < -0.39 is 0 Å². The highest BCUT2D eigenvalue weighted by Gasteiger charge is 2.20. The average Bonchev–Trinajstić information content (AvgIpc) is 2.49. The first-order chi connectivity index (χ1) is 9.74. The predicted octanol–water partition coefficient (Wildman–Crippen LogP) is 2.76. The van der Waals surface area contributed by atoms with Gasteiger partial charge in [0.2, 0.25) is 0 Å². The Morgan fingerprint density at radius 1 is 1.20 bits per heavy atom. The highest BCUT2D eigenvalue weighted by atomic mass is 35.5. The molecule has 6 heteroatoms. The van der Waals surface area contributed by atoms with Crippen molar-refractivity contribution in [3.63, 3.8) is 0 Å². The number of amides is 1. The van der Waals surface area contributed by atoms with Crippen LogP contribution in [0.2, 0.25) is 5.15 Å². The summed E-state index contributed by atoms with van der Waals surface area (Å²) in [5.74, 6) is 0.771. The molecule has 1 aromatic carbocycles. The van der Waals surface area contributed by atoms with E-state index in [1.165, 1.54) is 6.20 Å². The molecule has 2 aromatic rings. The smallest absolute Gasteiger partial charge is 0.259 e. The summed E-state index contributed by atoms with van der Waals surface area (Å²) in [5, 5.41) is 3.11. The fraction of sp³-hybridized carbons (Fsp3) is 0.143. The number of para-hydroxylation sites is 1. The Kier molecular flexibility index (Phi) is 3.43. The fourth-order valence-corrected chi connectivity index (χ4v) is 2.01. The van der Waals surface area contributed by atoms with Crippen molar-refractivity contribution in [1.29, 1.82) is 0 Å². The van der Waals surface area contributed by atoms with Crippen molar-refractivity contribution in [2.75, 3.05) is 18.5 Å². The van der Waals surface area contributed by atoms with Crippen LogP contribution in [0.15, 0.2) is 36.5 Å². The van der Waals surface area contributed by atoms with Crippen LogP contribution in [0.1, 0.15) is 10.4 Å². The van der Waals surface area contributed by atoms with Crippen LogP contribution in [0.25, 0.3) is 0 Å². The number of anilines is 1. The van der Waals surface area contributed by atoms with Gasteiger partial charge in [0.25, 0.3) is 5.91 Å². The Morgan fingerprint density at radius 3 is 2.85 bits per heavy atom. The molecule has 1 aromatic heterocycles. The number of pyridine rings is 1. The van der Waals surface area contributed by atoms with Crippen LogP contribution in [0, 0.1) is 0 Å². The van der Waals surface area contributed by atoms with E-state index in [1.807, 2.05) is 0 Å². The first kappa shape index (κ1) is 12.7. The van der Waals surface area contributed by atoms with E-state index in [1.54, 1.807) is 30.3 Å². The second kappa shape index (κ2) is 5.38. The summed E-state index contributed by atoms with van der Waals surface area (Å²) in [5.41, 5.74) is 0.992. The molecule has 0 radical (unpaired) electrons. The molecule has 0 unspecified atom stereocenters. The van der Waals surface area contributed by atoms with Gasteiger partial charge in [-0.05, 0) is 24.3 Å². The second-order valence-electron chi connectivity index (χ2n) is 4.15. The lowest BCUT2D eigenvalue weighted by Crippen LogP contribution is -2.20. The third-order valence-electron chi connectivity index (χ3n) is 2.80. The zero-order valence-electron chi connectivity index (χ0n) is 10.4.